The number of pyridine rings is 1. The lowest BCUT2D eigenvalue weighted by atomic mass is 10.1. The van der Waals surface area contributed by atoms with Crippen LogP contribution < -0.4 is 0 Å². The molecule has 0 unspecified atom stereocenters. The van der Waals surface area contributed by atoms with Gasteiger partial charge in [-0.25, -0.2) is 13.8 Å². The topological polar surface area (TPSA) is 36.7 Å². The highest BCUT2D eigenvalue weighted by Crippen LogP contribution is 2.26. The maximum absolute atomic E-state index is 12.9. The number of aromatic nitrogens is 1. The zero-order valence-corrected chi connectivity index (χ0v) is 9.06. The van der Waals surface area contributed by atoms with Gasteiger partial charge in [0.25, 0.3) is 6.43 Å². The van der Waals surface area contributed by atoms with E-state index >= 15 is 0 Å². The Labute approximate surface area is 92.9 Å². The number of rotatable bonds is 3. The van der Waals surface area contributed by atoms with Crippen LogP contribution in [0.4, 0.5) is 13.2 Å². The van der Waals surface area contributed by atoms with Crippen LogP contribution in [0.15, 0.2) is 6.07 Å². The maximum Gasteiger partial charge on any atom is 0.280 e. The van der Waals surface area contributed by atoms with Crippen molar-refractivity contribution in [2.75, 3.05) is 0 Å². The monoisotopic (exact) mass is 278 g/mol. The minimum absolute atomic E-state index is 0.111. The third-order valence-corrected chi connectivity index (χ3v) is 2.39. The van der Waals surface area contributed by atoms with Gasteiger partial charge in [0.05, 0.1) is 12.5 Å². The zero-order valence-electron chi connectivity index (χ0n) is 7.48. The van der Waals surface area contributed by atoms with Crippen molar-refractivity contribution in [2.45, 2.75) is 18.2 Å². The van der Waals surface area contributed by atoms with Crippen molar-refractivity contribution in [1.82, 2.24) is 4.98 Å². The lowest BCUT2D eigenvalue weighted by Crippen LogP contribution is -2.04. The Hall–Kier alpha value is -1.09. The van der Waals surface area contributed by atoms with E-state index in [0.29, 0.717) is 0 Å². The van der Waals surface area contributed by atoms with Gasteiger partial charge in [-0.05, 0) is 17.2 Å². The Balaban J connectivity index is 3.33. The fraction of sp³-hybridized carbons (Fsp3) is 0.333. The third-order valence-electron chi connectivity index (χ3n) is 1.83. The van der Waals surface area contributed by atoms with Crippen molar-refractivity contribution in [3.8, 4) is 6.07 Å². The number of halogens is 4. The van der Waals surface area contributed by atoms with E-state index in [0.717, 1.165) is 6.07 Å². The van der Waals surface area contributed by atoms with E-state index in [1.165, 1.54) is 0 Å². The van der Waals surface area contributed by atoms with Gasteiger partial charge in [-0.2, -0.15) is 9.65 Å². The molecule has 0 aliphatic heterocycles. The van der Waals surface area contributed by atoms with Crippen LogP contribution in [0.1, 0.15) is 23.2 Å². The predicted molar refractivity (Wildman–Crippen MR) is 51.1 cm³/mol. The molecule has 0 saturated heterocycles. The molecule has 1 rings (SSSR count). The molecule has 0 amide bonds. The molecule has 0 spiro atoms. The van der Waals surface area contributed by atoms with E-state index < -0.39 is 18.1 Å². The molecule has 0 atom stereocenters. The lowest BCUT2D eigenvalue weighted by molar-refractivity contribution is 0.143. The van der Waals surface area contributed by atoms with Crippen LogP contribution in [0, 0.1) is 17.3 Å². The SMILES string of the molecule is N#CCc1cc(F)nc(C(F)F)c1CBr. The Morgan fingerprint density at radius 3 is 2.67 bits per heavy atom. The molecule has 0 radical (unpaired) electrons. The first kappa shape index (κ1) is 12.0. The largest absolute Gasteiger partial charge is 0.280 e. The summed E-state index contributed by atoms with van der Waals surface area (Å²) in [5, 5.41) is 8.59. The van der Waals surface area contributed by atoms with E-state index in [4.69, 9.17) is 5.26 Å². The standard InChI is InChI=1S/C9H6BrF3N2/c10-4-6-5(1-2-14)3-7(11)15-8(6)9(12)13/h3,9H,1,4H2. The molecule has 0 N–H and O–H groups in total. The number of hydrogen-bond donors (Lipinski definition) is 0. The zero-order chi connectivity index (χ0) is 11.4. The molecule has 0 bridgehead atoms. The summed E-state index contributed by atoms with van der Waals surface area (Å²) in [5.41, 5.74) is -0.165. The summed E-state index contributed by atoms with van der Waals surface area (Å²) < 4.78 is 37.8. The normalized spacial score (nSPS) is 10.4. The Morgan fingerprint density at radius 1 is 1.53 bits per heavy atom. The van der Waals surface area contributed by atoms with Gasteiger partial charge in [0.2, 0.25) is 5.95 Å². The lowest BCUT2D eigenvalue weighted by Gasteiger charge is -2.09. The molecule has 15 heavy (non-hydrogen) atoms. The molecule has 1 aromatic rings. The van der Waals surface area contributed by atoms with E-state index in [1.54, 1.807) is 6.07 Å². The fourth-order valence-corrected chi connectivity index (χ4v) is 1.84. The van der Waals surface area contributed by atoms with Crippen LogP contribution in [-0.2, 0) is 11.8 Å². The summed E-state index contributed by atoms with van der Waals surface area (Å²) >= 11 is 3.02. The van der Waals surface area contributed by atoms with Gasteiger partial charge in [-0.1, -0.05) is 15.9 Å². The van der Waals surface area contributed by atoms with Crippen molar-refractivity contribution in [3.05, 3.63) is 28.8 Å². The molecule has 0 aromatic carbocycles. The van der Waals surface area contributed by atoms with Crippen molar-refractivity contribution in [3.63, 3.8) is 0 Å². The molecule has 0 aliphatic carbocycles. The molecule has 1 aromatic heterocycles. The van der Waals surface area contributed by atoms with Crippen LogP contribution in [0.25, 0.3) is 0 Å². The number of hydrogen-bond acceptors (Lipinski definition) is 2. The van der Waals surface area contributed by atoms with Crippen molar-refractivity contribution in [1.29, 1.82) is 5.26 Å². The average Bonchev–Trinajstić information content (AvgIpc) is 2.17. The summed E-state index contributed by atoms with van der Waals surface area (Å²) in [5.74, 6) is -0.986. The molecular weight excluding hydrogens is 273 g/mol. The summed E-state index contributed by atoms with van der Waals surface area (Å²) in [7, 11) is 0. The second kappa shape index (κ2) is 5.12. The fourth-order valence-electron chi connectivity index (χ4n) is 1.19. The Bertz CT molecular complexity index is 401. The average molecular weight is 279 g/mol. The van der Waals surface area contributed by atoms with Gasteiger partial charge in [0.1, 0.15) is 5.69 Å². The molecule has 0 fully saturated rings. The molecule has 80 valence electrons. The summed E-state index contributed by atoms with van der Waals surface area (Å²) in [6.07, 6.45) is -2.95. The van der Waals surface area contributed by atoms with E-state index in [2.05, 4.69) is 20.9 Å². The van der Waals surface area contributed by atoms with E-state index in [-0.39, 0.29) is 22.9 Å². The van der Waals surface area contributed by atoms with Gasteiger partial charge in [0.15, 0.2) is 0 Å². The smallest absolute Gasteiger partial charge is 0.218 e. The van der Waals surface area contributed by atoms with Crippen LogP contribution >= 0.6 is 15.9 Å². The molecule has 0 aliphatic rings. The Morgan fingerprint density at radius 2 is 2.20 bits per heavy atom. The van der Waals surface area contributed by atoms with E-state index in [9.17, 15) is 13.2 Å². The van der Waals surface area contributed by atoms with Gasteiger partial charge in [-0.3, -0.25) is 0 Å². The first-order chi connectivity index (χ1) is 7.10. The second-order valence-electron chi connectivity index (χ2n) is 2.74. The predicted octanol–water partition coefficient (Wildman–Crippen LogP) is 3.12. The van der Waals surface area contributed by atoms with Crippen LogP contribution in [0.5, 0.6) is 0 Å². The van der Waals surface area contributed by atoms with Crippen molar-refractivity contribution >= 4 is 15.9 Å². The quantitative estimate of drug-likeness (QED) is 0.629. The molecular formula is C9H6BrF3N2. The van der Waals surface area contributed by atoms with Gasteiger partial charge in [-0.15, -0.1) is 0 Å². The minimum Gasteiger partial charge on any atom is -0.218 e. The highest BCUT2D eigenvalue weighted by atomic mass is 79.9. The molecule has 2 nitrogen and oxygen atoms in total. The second-order valence-corrected chi connectivity index (χ2v) is 3.30. The summed E-state index contributed by atoms with van der Waals surface area (Å²) in [6.45, 7) is 0. The summed E-state index contributed by atoms with van der Waals surface area (Å²) in [6, 6.07) is 2.80. The first-order valence-electron chi connectivity index (χ1n) is 3.99. The molecule has 6 heteroatoms. The van der Waals surface area contributed by atoms with Gasteiger partial charge >= 0.3 is 0 Å². The third kappa shape index (κ3) is 2.69. The van der Waals surface area contributed by atoms with Crippen molar-refractivity contribution < 1.29 is 13.2 Å². The van der Waals surface area contributed by atoms with Crippen LogP contribution in [0.2, 0.25) is 0 Å². The number of alkyl halides is 3. The Kier molecular flexibility index (Phi) is 4.09. The summed E-state index contributed by atoms with van der Waals surface area (Å²) in [4.78, 5) is 3.13. The van der Waals surface area contributed by atoms with E-state index in [1.807, 2.05) is 0 Å². The van der Waals surface area contributed by atoms with Crippen molar-refractivity contribution in [2.24, 2.45) is 0 Å². The first-order valence-corrected chi connectivity index (χ1v) is 5.11. The highest BCUT2D eigenvalue weighted by Gasteiger charge is 2.19. The van der Waals surface area contributed by atoms with Crippen LogP contribution in [-0.4, -0.2) is 4.98 Å². The maximum atomic E-state index is 12.9. The minimum atomic E-state index is -2.84. The number of nitriles is 1. The van der Waals surface area contributed by atoms with Gasteiger partial charge in [0, 0.05) is 5.33 Å². The van der Waals surface area contributed by atoms with Gasteiger partial charge < -0.3 is 0 Å². The molecule has 0 saturated carbocycles. The number of nitrogens with zero attached hydrogens (tertiary/aromatic N) is 2. The van der Waals surface area contributed by atoms with Crippen LogP contribution in [0.3, 0.4) is 0 Å². The highest BCUT2D eigenvalue weighted by molar-refractivity contribution is 9.08. The molecule has 1 heterocycles.